The van der Waals surface area contributed by atoms with Gasteiger partial charge in [-0.25, -0.2) is 8.42 Å². The third-order valence-electron chi connectivity index (χ3n) is 13.2. The quantitative estimate of drug-likeness (QED) is 0.0278. The number of hydrogen-bond acceptors (Lipinski definition) is 17. The number of carboxylic acid groups (broad SMARTS) is 4. The van der Waals surface area contributed by atoms with Crippen molar-refractivity contribution in [2.24, 2.45) is 0 Å². The van der Waals surface area contributed by atoms with E-state index in [-0.39, 0.29) is 150 Å². The molecule has 31 heteroatoms. The molecule has 467 valence electrons. The maximum Gasteiger partial charge on any atom is 0.323 e. The molecule has 9 N–H and O–H groups in total. The Bertz CT molecular complexity index is 2640. The van der Waals surface area contributed by atoms with Crippen LogP contribution in [0.5, 0.6) is 5.75 Å². The summed E-state index contributed by atoms with van der Waals surface area (Å²) in [4.78, 5) is 108. The molecule has 0 unspecified atom stereocenters. The van der Waals surface area contributed by atoms with E-state index in [9.17, 15) is 80.2 Å². The van der Waals surface area contributed by atoms with Gasteiger partial charge >= 0.3 is 23.9 Å². The fourth-order valence-corrected chi connectivity index (χ4v) is 11.6. The zero-order chi connectivity index (χ0) is 59.6. The molecule has 0 saturated carbocycles. The largest absolute Gasteiger partial charge is 0.494 e. The SMILES string of the molecule is C.Cc1cc(OCCCC(=O)NCCCC(=O)[C@H](CS(=O)(=O)O)NC(=O)CC[C@H](C(=O)O)N2CCN(CC(=O)O)CCN(CC(=O)O)CC2)cc(C)c1S(=O)(=O)N[C@@H](CNC(=O)CCCCc1ccc2c(n1)CCCC2)C(=O)O.FF.[Cu]. The van der Waals surface area contributed by atoms with Crippen molar-refractivity contribution in [1.82, 2.24) is 40.4 Å². The molecule has 1 aliphatic carbocycles. The number of aromatic nitrogens is 1. The predicted molar refractivity (Wildman–Crippen MR) is 289 cm³/mol. The van der Waals surface area contributed by atoms with Crippen molar-refractivity contribution in [3.8, 4) is 5.75 Å². The summed E-state index contributed by atoms with van der Waals surface area (Å²) in [7, 11) is -9.20. The molecule has 0 bridgehead atoms. The zero-order valence-corrected chi connectivity index (χ0v) is 47.7. The maximum absolute atomic E-state index is 13.5. The number of carbonyl (C=O) groups excluding carboxylic acids is 4. The van der Waals surface area contributed by atoms with Crippen LogP contribution in [0.25, 0.3) is 0 Å². The molecule has 1 fully saturated rings. The number of nitrogens with zero attached hydrogens (tertiary/aromatic N) is 4. The monoisotopic (exact) mass is 1260 g/mol. The van der Waals surface area contributed by atoms with Crippen molar-refractivity contribution in [2.45, 2.75) is 134 Å². The van der Waals surface area contributed by atoms with Crippen molar-refractivity contribution in [2.75, 3.05) is 77.8 Å². The smallest absolute Gasteiger partial charge is 0.323 e. The number of benzene rings is 1. The van der Waals surface area contributed by atoms with Crippen LogP contribution in [0.2, 0.25) is 0 Å². The first-order valence-corrected chi connectivity index (χ1v) is 29.2. The van der Waals surface area contributed by atoms with Gasteiger partial charge in [0, 0.05) is 116 Å². The third-order valence-corrected chi connectivity index (χ3v) is 15.7. The molecule has 2 aliphatic rings. The Hall–Kier alpha value is -5.79. The van der Waals surface area contributed by atoms with Gasteiger partial charge < -0.3 is 41.1 Å². The summed E-state index contributed by atoms with van der Waals surface area (Å²) < 4.78 is 84.1. The number of unbranched alkanes of at least 4 members (excludes halogenated alkanes) is 1. The number of sulfonamides is 1. The maximum atomic E-state index is 13.5. The van der Waals surface area contributed by atoms with E-state index in [1.165, 1.54) is 46.2 Å². The van der Waals surface area contributed by atoms with Gasteiger partial charge in [0.1, 0.15) is 29.6 Å². The Morgan fingerprint density at radius 2 is 1.28 bits per heavy atom. The van der Waals surface area contributed by atoms with Gasteiger partial charge in [0.25, 0.3) is 10.1 Å². The number of halogens is 2. The molecule has 1 radical (unpaired) electrons. The van der Waals surface area contributed by atoms with Gasteiger partial charge in [-0.05, 0) is 113 Å². The summed E-state index contributed by atoms with van der Waals surface area (Å²) in [5.74, 6) is -8.51. The van der Waals surface area contributed by atoms with Crippen molar-refractivity contribution >= 4 is 67.5 Å². The van der Waals surface area contributed by atoms with E-state index in [2.05, 4.69) is 26.7 Å². The van der Waals surface area contributed by atoms with Gasteiger partial charge in [0.05, 0.1) is 24.6 Å². The average Bonchev–Trinajstić information content (AvgIpc) is 3.46. The topological polar surface area (TPSA) is 386 Å². The number of ether oxygens (including phenoxy) is 1. The second-order valence-corrected chi connectivity index (χ2v) is 22.7. The van der Waals surface area contributed by atoms with Crippen molar-refractivity contribution in [3.63, 3.8) is 0 Å². The molecule has 1 aromatic carbocycles. The average molecular weight is 1260 g/mol. The van der Waals surface area contributed by atoms with Gasteiger partial charge in [0.15, 0.2) is 5.78 Å². The minimum absolute atomic E-state index is 0. The number of Topliss-reactive ketones (excluding diaryl/α,β-unsaturated/α-hetero) is 1. The van der Waals surface area contributed by atoms with Crippen LogP contribution >= 0.6 is 0 Å². The van der Waals surface area contributed by atoms with Gasteiger partial charge in [-0.2, -0.15) is 13.1 Å². The van der Waals surface area contributed by atoms with Crippen LogP contribution in [0.1, 0.15) is 106 Å². The molecule has 2 heterocycles. The van der Waals surface area contributed by atoms with E-state index in [4.69, 9.17) is 18.9 Å². The molecular formula is C51H78CuF2N8O18S2. The van der Waals surface area contributed by atoms with Crippen molar-refractivity contribution < 1.29 is 111 Å². The molecule has 82 heavy (non-hydrogen) atoms. The van der Waals surface area contributed by atoms with E-state index in [1.807, 2.05) is 6.07 Å². The molecule has 1 saturated heterocycles. The number of aryl methyl sites for hydroxylation is 5. The van der Waals surface area contributed by atoms with Gasteiger partial charge in [0.2, 0.25) is 27.7 Å². The van der Waals surface area contributed by atoms with Gasteiger partial charge in [-0.1, -0.05) is 13.5 Å². The van der Waals surface area contributed by atoms with Crippen LogP contribution in [-0.4, -0.2) is 205 Å². The first kappa shape index (κ1) is 74.2. The normalized spacial score (nSPS) is 15.3. The number of amides is 3. The summed E-state index contributed by atoms with van der Waals surface area (Å²) in [5.41, 5.74) is 3.88. The minimum atomic E-state index is -4.80. The van der Waals surface area contributed by atoms with Crippen LogP contribution in [0, 0.1) is 13.8 Å². The van der Waals surface area contributed by atoms with E-state index in [0.29, 0.717) is 19.3 Å². The second-order valence-electron chi connectivity index (χ2n) is 19.5. The van der Waals surface area contributed by atoms with E-state index in [0.717, 1.165) is 37.1 Å². The summed E-state index contributed by atoms with van der Waals surface area (Å²) in [6.45, 7) is 2.56. The first-order chi connectivity index (χ1) is 37.8. The van der Waals surface area contributed by atoms with E-state index >= 15 is 0 Å². The molecule has 1 aromatic heterocycles. The molecule has 3 amide bonds. The number of nitrogens with one attached hydrogen (secondary N) is 4. The number of fused-ring (bicyclic) bond motifs is 1. The summed E-state index contributed by atoms with van der Waals surface area (Å²) in [6.07, 6.45) is 5.37. The summed E-state index contributed by atoms with van der Waals surface area (Å²) in [6, 6.07) is 2.34. The Morgan fingerprint density at radius 1 is 0.707 bits per heavy atom. The molecule has 0 spiro atoms. The summed E-state index contributed by atoms with van der Waals surface area (Å²) >= 11 is 0. The molecule has 1 aliphatic heterocycles. The number of carboxylic acids is 4. The zero-order valence-electron chi connectivity index (χ0n) is 45.1. The number of rotatable bonds is 33. The van der Waals surface area contributed by atoms with Crippen LogP contribution in [0.15, 0.2) is 29.2 Å². The Morgan fingerprint density at radius 3 is 1.85 bits per heavy atom. The molecular weight excluding hydrogens is 1180 g/mol. The fraction of sp³-hybridized carbons (Fsp3) is 0.627. The second kappa shape index (κ2) is 37.4. The number of pyridine rings is 1. The Labute approximate surface area is 487 Å². The molecule has 26 nitrogen and oxygen atoms in total. The molecule has 2 aromatic rings. The van der Waals surface area contributed by atoms with Crippen LogP contribution in [-0.2, 0) is 94.8 Å². The number of ketones is 1. The summed E-state index contributed by atoms with van der Waals surface area (Å²) in [5, 5.41) is 46.0. The number of hydrogen-bond donors (Lipinski definition) is 9. The van der Waals surface area contributed by atoms with E-state index < -0.39 is 104 Å². The predicted octanol–water partition coefficient (Wildman–Crippen LogP) is 1.63. The molecule has 3 atom stereocenters. The van der Waals surface area contributed by atoms with Crippen LogP contribution < -0.4 is 25.4 Å². The van der Waals surface area contributed by atoms with Crippen LogP contribution in [0.3, 0.4) is 0 Å². The fourth-order valence-electron chi connectivity index (χ4n) is 9.27. The van der Waals surface area contributed by atoms with Gasteiger partial charge in [-0.3, -0.25) is 62.6 Å². The first-order valence-electron chi connectivity index (χ1n) is 26.1. The third kappa shape index (κ3) is 27.5. The van der Waals surface area contributed by atoms with Gasteiger partial charge in [-0.15, -0.1) is 0 Å². The Balaban J connectivity index is 0.00000831. The number of aliphatic carboxylic acids is 4. The minimum Gasteiger partial charge on any atom is -0.494 e. The molecule has 4 rings (SSSR count). The van der Waals surface area contributed by atoms with Crippen LogP contribution in [0.4, 0.5) is 9.15 Å². The van der Waals surface area contributed by atoms with E-state index in [1.54, 1.807) is 0 Å². The van der Waals surface area contributed by atoms with Crippen molar-refractivity contribution in [1.29, 1.82) is 0 Å². The Kier molecular flexibility index (Phi) is 33.9. The number of carbonyl (C=O) groups is 8. The van der Waals surface area contributed by atoms with Crippen molar-refractivity contribution in [3.05, 3.63) is 52.3 Å². The standard InChI is InChI=1S/C50H74N8O18S2.CH4.Cu.F2/c1-33-27-37(28-34(2)48(33)78(74,75)55-39(49(67)68)29-52-44(61)13-6-4-10-36-16-15-35-9-3-5-11-38(35)53-36)76-26-8-14-43(60)51-19-7-12-42(59)40(32-77(71,72)73)54-45(62)18-17-41(50(69)70)58-24-22-56(30-46(63)64)20-21-57(23-25-58)31-47(65)66;;;1-2/h15-16,27-28,39-41,55H,3-14,17-26,29-32H2,1-2H3,(H,51,60)(H,52,61)(H,54,62)(H,63,64)(H,65,66)(H,67,68)(H,69,70)(H,71,72,73);1H4;;/t39-,40-,41+;;;/m0.../s1.